The molecule has 5 rings (SSSR count). The Morgan fingerprint density at radius 2 is 1.91 bits per heavy atom. The highest BCUT2D eigenvalue weighted by molar-refractivity contribution is 5.79. The standard InChI is InChI=1S/C25H23FN6O2/c1-17-4-9-23-19(11-17)12-20(25(33)27-23)14-31(13-18-5-7-21(26)8-6-18)16-24-28-29-30-32(24)15-22-3-2-10-34-22/h2-12H,13-16H2,1H3,(H,27,33). The van der Waals surface area contributed by atoms with Crippen LogP contribution in [0.2, 0.25) is 0 Å². The molecule has 2 aromatic carbocycles. The molecule has 0 saturated carbocycles. The number of nitrogens with one attached hydrogen (secondary N) is 1. The van der Waals surface area contributed by atoms with Crippen molar-refractivity contribution >= 4 is 10.9 Å². The van der Waals surface area contributed by atoms with Gasteiger partial charge in [0.05, 0.1) is 12.8 Å². The molecule has 5 aromatic rings. The zero-order chi connectivity index (χ0) is 23.5. The van der Waals surface area contributed by atoms with E-state index < -0.39 is 0 Å². The van der Waals surface area contributed by atoms with E-state index in [9.17, 15) is 9.18 Å². The molecule has 0 bridgehead atoms. The Bertz CT molecular complexity index is 1460. The topological polar surface area (TPSA) is 92.8 Å². The quantitative estimate of drug-likeness (QED) is 0.380. The number of tetrazole rings is 1. The molecule has 3 heterocycles. The average molecular weight is 458 g/mol. The summed E-state index contributed by atoms with van der Waals surface area (Å²) in [5.41, 5.74) is 3.32. The Labute approximate surface area is 194 Å². The molecular formula is C25H23FN6O2. The Hall–Kier alpha value is -4.11. The molecule has 0 aliphatic carbocycles. The van der Waals surface area contributed by atoms with Gasteiger partial charge < -0.3 is 9.40 Å². The molecule has 9 heteroatoms. The van der Waals surface area contributed by atoms with Crippen molar-refractivity contribution in [2.45, 2.75) is 33.1 Å². The number of hydrogen-bond acceptors (Lipinski definition) is 6. The molecule has 172 valence electrons. The molecule has 0 radical (unpaired) electrons. The summed E-state index contributed by atoms with van der Waals surface area (Å²) in [5, 5.41) is 13.1. The minimum absolute atomic E-state index is 0.143. The first-order valence-electron chi connectivity index (χ1n) is 10.9. The number of benzene rings is 2. The van der Waals surface area contributed by atoms with Crippen LogP contribution in [0.4, 0.5) is 4.39 Å². The summed E-state index contributed by atoms with van der Waals surface area (Å²) in [6.45, 7) is 3.65. The molecule has 0 aliphatic rings. The van der Waals surface area contributed by atoms with E-state index in [1.54, 1.807) is 23.1 Å². The number of furan rings is 1. The number of rotatable bonds is 8. The van der Waals surface area contributed by atoms with Crippen molar-refractivity contribution in [2.24, 2.45) is 0 Å². The van der Waals surface area contributed by atoms with Crippen molar-refractivity contribution < 1.29 is 8.81 Å². The molecule has 1 N–H and O–H groups in total. The lowest BCUT2D eigenvalue weighted by Crippen LogP contribution is -2.28. The normalized spacial score (nSPS) is 11.5. The van der Waals surface area contributed by atoms with E-state index in [0.29, 0.717) is 37.6 Å². The summed E-state index contributed by atoms with van der Waals surface area (Å²) in [6.07, 6.45) is 1.61. The maximum atomic E-state index is 13.4. The zero-order valence-corrected chi connectivity index (χ0v) is 18.6. The SMILES string of the molecule is Cc1ccc2[nH]c(=O)c(CN(Cc3ccc(F)cc3)Cc3nnnn3Cc3ccco3)cc2c1. The Balaban J connectivity index is 1.45. The van der Waals surface area contributed by atoms with E-state index in [1.807, 2.05) is 43.3 Å². The highest BCUT2D eigenvalue weighted by atomic mass is 19.1. The minimum Gasteiger partial charge on any atom is -0.467 e. The van der Waals surface area contributed by atoms with Gasteiger partial charge >= 0.3 is 0 Å². The van der Waals surface area contributed by atoms with Gasteiger partial charge in [0, 0.05) is 24.2 Å². The van der Waals surface area contributed by atoms with Gasteiger partial charge in [0.1, 0.15) is 18.1 Å². The van der Waals surface area contributed by atoms with Crippen LogP contribution in [0.15, 0.2) is 76.1 Å². The van der Waals surface area contributed by atoms with E-state index in [0.717, 1.165) is 27.8 Å². The number of fused-ring (bicyclic) bond motifs is 1. The van der Waals surface area contributed by atoms with Crippen LogP contribution in [-0.2, 0) is 26.2 Å². The largest absolute Gasteiger partial charge is 0.467 e. The van der Waals surface area contributed by atoms with Crippen molar-refractivity contribution in [3.05, 3.63) is 111 Å². The molecular weight excluding hydrogens is 435 g/mol. The molecule has 0 saturated heterocycles. The second-order valence-corrected chi connectivity index (χ2v) is 8.32. The van der Waals surface area contributed by atoms with Crippen LogP contribution in [0.3, 0.4) is 0 Å². The molecule has 0 fully saturated rings. The van der Waals surface area contributed by atoms with Gasteiger partial charge in [0.15, 0.2) is 5.82 Å². The number of aromatic nitrogens is 5. The fourth-order valence-corrected chi connectivity index (χ4v) is 3.95. The van der Waals surface area contributed by atoms with Gasteiger partial charge in [-0.3, -0.25) is 9.69 Å². The summed E-state index contributed by atoms with van der Waals surface area (Å²) < 4.78 is 20.5. The predicted octanol–water partition coefficient (Wildman–Crippen LogP) is 3.81. The van der Waals surface area contributed by atoms with Gasteiger partial charge in [0.2, 0.25) is 0 Å². The monoisotopic (exact) mass is 458 g/mol. The third kappa shape index (κ3) is 4.94. The number of pyridine rings is 1. The van der Waals surface area contributed by atoms with Crippen LogP contribution in [0, 0.1) is 12.7 Å². The predicted molar refractivity (Wildman–Crippen MR) is 124 cm³/mol. The fourth-order valence-electron chi connectivity index (χ4n) is 3.95. The lowest BCUT2D eigenvalue weighted by Gasteiger charge is -2.22. The second-order valence-electron chi connectivity index (χ2n) is 8.32. The summed E-state index contributed by atoms with van der Waals surface area (Å²) in [4.78, 5) is 17.9. The number of hydrogen-bond donors (Lipinski definition) is 1. The maximum absolute atomic E-state index is 13.4. The Morgan fingerprint density at radius 3 is 2.71 bits per heavy atom. The number of H-pyrrole nitrogens is 1. The van der Waals surface area contributed by atoms with Crippen LogP contribution in [0.1, 0.15) is 28.3 Å². The zero-order valence-electron chi connectivity index (χ0n) is 18.6. The Morgan fingerprint density at radius 1 is 1.06 bits per heavy atom. The maximum Gasteiger partial charge on any atom is 0.252 e. The van der Waals surface area contributed by atoms with E-state index in [1.165, 1.54) is 12.1 Å². The lowest BCUT2D eigenvalue weighted by molar-refractivity contribution is 0.235. The molecule has 0 unspecified atom stereocenters. The van der Waals surface area contributed by atoms with Crippen LogP contribution in [0.25, 0.3) is 10.9 Å². The molecule has 0 amide bonds. The second kappa shape index (κ2) is 9.40. The highest BCUT2D eigenvalue weighted by Gasteiger charge is 2.16. The Kier molecular flexibility index (Phi) is 6.01. The molecule has 0 aliphatic heterocycles. The lowest BCUT2D eigenvalue weighted by atomic mass is 10.1. The smallest absolute Gasteiger partial charge is 0.252 e. The summed E-state index contributed by atoms with van der Waals surface area (Å²) in [6, 6.07) is 17.9. The van der Waals surface area contributed by atoms with Crippen molar-refractivity contribution in [3.8, 4) is 0 Å². The molecule has 8 nitrogen and oxygen atoms in total. The first kappa shape index (κ1) is 21.7. The van der Waals surface area contributed by atoms with E-state index in [2.05, 4.69) is 25.4 Å². The number of nitrogens with zero attached hydrogens (tertiary/aromatic N) is 5. The van der Waals surface area contributed by atoms with Crippen LogP contribution in [-0.4, -0.2) is 30.1 Å². The molecule has 0 atom stereocenters. The van der Waals surface area contributed by atoms with Gasteiger partial charge in [-0.15, -0.1) is 5.10 Å². The third-order valence-electron chi connectivity index (χ3n) is 5.65. The van der Waals surface area contributed by atoms with Crippen molar-refractivity contribution in [2.75, 3.05) is 0 Å². The van der Waals surface area contributed by atoms with Gasteiger partial charge in [-0.05, 0) is 70.8 Å². The van der Waals surface area contributed by atoms with E-state index >= 15 is 0 Å². The summed E-state index contributed by atoms with van der Waals surface area (Å²) >= 11 is 0. The number of halogens is 1. The molecule has 0 spiro atoms. The van der Waals surface area contributed by atoms with E-state index in [4.69, 9.17) is 4.42 Å². The number of aromatic amines is 1. The summed E-state index contributed by atoms with van der Waals surface area (Å²) in [5.74, 6) is 1.07. The third-order valence-corrected chi connectivity index (χ3v) is 5.65. The first-order valence-corrected chi connectivity index (χ1v) is 10.9. The van der Waals surface area contributed by atoms with Crippen LogP contribution < -0.4 is 5.56 Å². The summed E-state index contributed by atoms with van der Waals surface area (Å²) in [7, 11) is 0. The van der Waals surface area contributed by atoms with Crippen LogP contribution >= 0.6 is 0 Å². The van der Waals surface area contributed by atoms with E-state index in [-0.39, 0.29) is 11.4 Å². The van der Waals surface area contributed by atoms with Crippen molar-refractivity contribution in [1.29, 1.82) is 0 Å². The van der Waals surface area contributed by atoms with Gasteiger partial charge in [-0.2, -0.15) is 0 Å². The van der Waals surface area contributed by atoms with Gasteiger partial charge in [-0.25, -0.2) is 9.07 Å². The average Bonchev–Trinajstić information content (AvgIpc) is 3.49. The van der Waals surface area contributed by atoms with Crippen molar-refractivity contribution in [1.82, 2.24) is 30.1 Å². The van der Waals surface area contributed by atoms with Crippen LogP contribution in [0.5, 0.6) is 0 Å². The molecule has 34 heavy (non-hydrogen) atoms. The first-order chi connectivity index (χ1) is 16.5. The van der Waals surface area contributed by atoms with Crippen molar-refractivity contribution in [3.63, 3.8) is 0 Å². The minimum atomic E-state index is -0.293. The fraction of sp³-hybridized carbons (Fsp3) is 0.200. The molecule has 3 aromatic heterocycles. The van der Waals surface area contributed by atoms with Gasteiger partial charge in [0.25, 0.3) is 5.56 Å². The number of aryl methyl sites for hydroxylation is 1. The highest BCUT2D eigenvalue weighted by Crippen LogP contribution is 2.17. The van der Waals surface area contributed by atoms with Gasteiger partial charge in [-0.1, -0.05) is 23.8 Å².